The molecule has 1 heterocycles. The Morgan fingerprint density at radius 2 is 1.94 bits per heavy atom. The molecular formula is C8H18NO6P. The van der Waals surface area contributed by atoms with E-state index in [2.05, 4.69) is 5.48 Å². The number of hydroxylamine groups is 1. The van der Waals surface area contributed by atoms with Gasteiger partial charge in [-0.2, -0.15) is 5.48 Å². The maximum atomic E-state index is 12.2. The molecule has 0 bridgehead atoms. The lowest BCUT2D eigenvalue weighted by molar-refractivity contribution is -0.146. The first-order valence-corrected chi connectivity index (χ1v) is 6.79. The molecule has 1 fully saturated rings. The number of β-amino-alcohol motifs (C(OH)–C–C–N with tert-alkyl or cyclic N) is 1. The van der Waals surface area contributed by atoms with Crippen LogP contribution in [0.5, 0.6) is 0 Å². The quantitative estimate of drug-likeness (QED) is 0.587. The summed E-state index contributed by atoms with van der Waals surface area (Å²) in [4.78, 5) is 4.96. The van der Waals surface area contributed by atoms with Crippen molar-refractivity contribution < 1.29 is 28.7 Å². The monoisotopic (exact) mass is 255 g/mol. The smallest absolute Gasteiger partial charge is 0.364 e. The molecule has 3 N–H and O–H groups in total. The SMILES string of the molecule is CCOP(=O)(OCC)[C@H]1ONC[C@H](O)[C@@H]1O. The highest BCUT2D eigenvalue weighted by Crippen LogP contribution is 2.55. The van der Waals surface area contributed by atoms with Crippen molar-refractivity contribution in [3.63, 3.8) is 0 Å². The summed E-state index contributed by atoms with van der Waals surface area (Å²) < 4.78 is 22.3. The Balaban J connectivity index is 2.80. The summed E-state index contributed by atoms with van der Waals surface area (Å²) in [6, 6.07) is 0. The average Bonchev–Trinajstić information content (AvgIpc) is 2.22. The van der Waals surface area contributed by atoms with Gasteiger partial charge in [-0.1, -0.05) is 0 Å². The number of aliphatic hydroxyl groups excluding tert-OH is 2. The second kappa shape index (κ2) is 6.07. The second-order valence-corrected chi connectivity index (χ2v) is 5.40. The summed E-state index contributed by atoms with van der Waals surface area (Å²) >= 11 is 0. The largest absolute Gasteiger partial charge is 0.389 e. The molecule has 0 aromatic carbocycles. The van der Waals surface area contributed by atoms with Gasteiger partial charge in [0.2, 0.25) is 5.85 Å². The average molecular weight is 255 g/mol. The Bertz CT molecular complexity index is 253. The van der Waals surface area contributed by atoms with Crippen LogP contribution in [0.3, 0.4) is 0 Å². The standard InChI is InChI=1S/C8H18NO6P/c1-3-13-16(12,14-4-2)8-7(11)6(10)5-9-15-8/h6-11H,3-5H2,1-2H3/t6-,7-,8+/m0/s1. The highest BCUT2D eigenvalue weighted by Gasteiger charge is 2.47. The van der Waals surface area contributed by atoms with Crippen LogP contribution in [0.1, 0.15) is 13.8 Å². The maximum absolute atomic E-state index is 12.2. The highest BCUT2D eigenvalue weighted by atomic mass is 31.2. The van der Waals surface area contributed by atoms with Gasteiger partial charge in [0.1, 0.15) is 6.10 Å². The van der Waals surface area contributed by atoms with Crippen LogP contribution >= 0.6 is 7.60 Å². The molecule has 0 radical (unpaired) electrons. The number of hydrogen-bond acceptors (Lipinski definition) is 7. The van der Waals surface area contributed by atoms with E-state index in [0.717, 1.165) is 0 Å². The van der Waals surface area contributed by atoms with Gasteiger partial charge in [-0.3, -0.25) is 9.40 Å². The van der Waals surface area contributed by atoms with Gasteiger partial charge in [-0.05, 0) is 13.8 Å². The zero-order chi connectivity index (χ0) is 12.2. The molecule has 96 valence electrons. The van der Waals surface area contributed by atoms with Gasteiger partial charge >= 0.3 is 7.60 Å². The van der Waals surface area contributed by atoms with Crippen LogP contribution in [0.2, 0.25) is 0 Å². The van der Waals surface area contributed by atoms with Crippen LogP contribution < -0.4 is 5.48 Å². The highest BCUT2D eigenvalue weighted by molar-refractivity contribution is 7.54. The zero-order valence-electron chi connectivity index (χ0n) is 9.33. The summed E-state index contributed by atoms with van der Waals surface area (Å²) in [6.45, 7) is 3.71. The Morgan fingerprint density at radius 3 is 2.44 bits per heavy atom. The third kappa shape index (κ3) is 3.01. The molecule has 0 aromatic heterocycles. The Kier molecular flexibility index (Phi) is 5.33. The van der Waals surface area contributed by atoms with E-state index < -0.39 is 25.6 Å². The van der Waals surface area contributed by atoms with Crippen LogP contribution in [0, 0.1) is 0 Å². The molecule has 0 saturated carbocycles. The predicted octanol–water partition coefficient (Wildman–Crippen LogP) is -0.165. The van der Waals surface area contributed by atoms with Crippen LogP contribution in [-0.4, -0.2) is 48.0 Å². The first-order chi connectivity index (χ1) is 7.55. The number of hydrogen-bond donors (Lipinski definition) is 3. The molecule has 16 heavy (non-hydrogen) atoms. The van der Waals surface area contributed by atoms with Crippen LogP contribution in [0.15, 0.2) is 0 Å². The van der Waals surface area contributed by atoms with Crippen molar-refractivity contribution in [2.75, 3.05) is 19.8 Å². The molecule has 0 unspecified atom stereocenters. The van der Waals surface area contributed by atoms with Gasteiger partial charge < -0.3 is 19.3 Å². The summed E-state index contributed by atoms with van der Waals surface area (Å²) in [5.74, 6) is -1.21. The van der Waals surface area contributed by atoms with Crippen molar-refractivity contribution in [1.29, 1.82) is 0 Å². The van der Waals surface area contributed by atoms with Crippen molar-refractivity contribution in [2.45, 2.75) is 31.9 Å². The minimum atomic E-state index is -3.58. The van der Waals surface area contributed by atoms with Crippen molar-refractivity contribution in [1.82, 2.24) is 5.48 Å². The lowest BCUT2D eigenvalue weighted by atomic mass is 10.2. The van der Waals surface area contributed by atoms with Gasteiger partial charge in [-0.25, -0.2) is 0 Å². The Labute approximate surface area is 94.2 Å². The number of nitrogens with one attached hydrogen (secondary N) is 1. The summed E-state index contributed by atoms with van der Waals surface area (Å²) in [7, 11) is -3.58. The van der Waals surface area contributed by atoms with Gasteiger partial charge in [0.15, 0.2) is 0 Å². The van der Waals surface area contributed by atoms with Crippen molar-refractivity contribution >= 4 is 7.60 Å². The normalized spacial score (nSPS) is 31.6. The van der Waals surface area contributed by atoms with Crippen LogP contribution in [0.25, 0.3) is 0 Å². The van der Waals surface area contributed by atoms with Crippen LogP contribution in [0.4, 0.5) is 0 Å². The second-order valence-electron chi connectivity index (χ2n) is 3.29. The molecule has 1 aliphatic rings. The fourth-order valence-corrected chi connectivity index (χ4v) is 3.26. The molecule has 0 aromatic rings. The van der Waals surface area contributed by atoms with E-state index in [-0.39, 0.29) is 19.8 Å². The first-order valence-electron chi connectivity index (χ1n) is 5.18. The van der Waals surface area contributed by atoms with Crippen LogP contribution in [-0.2, 0) is 18.5 Å². The fraction of sp³-hybridized carbons (Fsp3) is 1.00. The van der Waals surface area contributed by atoms with E-state index in [1.54, 1.807) is 13.8 Å². The van der Waals surface area contributed by atoms with Crippen molar-refractivity contribution in [3.8, 4) is 0 Å². The molecule has 8 heteroatoms. The van der Waals surface area contributed by atoms with E-state index in [9.17, 15) is 14.8 Å². The molecule has 1 saturated heterocycles. The van der Waals surface area contributed by atoms with E-state index in [0.29, 0.717) is 0 Å². The maximum Gasteiger partial charge on any atom is 0.364 e. The third-order valence-corrected chi connectivity index (χ3v) is 4.38. The third-order valence-electron chi connectivity index (χ3n) is 2.11. The minimum Gasteiger partial charge on any atom is -0.389 e. The molecule has 7 nitrogen and oxygen atoms in total. The van der Waals surface area contributed by atoms with E-state index in [1.165, 1.54) is 0 Å². The van der Waals surface area contributed by atoms with E-state index in [4.69, 9.17) is 13.9 Å². The van der Waals surface area contributed by atoms with Gasteiger partial charge in [-0.15, -0.1) is 0 Å². The molecule has 3 atom stereocenters. The number of rotatable bonds is 5. The molecule has 0 spiro atoms. The lowest BCUT2D eigenvalue weighted by Gasteiger charge is -2.35. The molecule has 1 aliphatic heterocycles. The summed E-state index contributed by atoms with van der Waals surface area (Å²) in [5.41, 5.74) is 2.40. The molecular weight excluding hydrogens is 237 g/mol. The first kappa shape index (κ1) is 14.1. The Hall–Kier alpha value is -0.0100. The van der Waals surface area contributed by atoms with Gasteiger partial charge in [0, 0.05) is 6.54 Å². The number of aliphatic hydroxyl groups is 2. The van der Waals surface area contributed by atoms with Gasteiger partial charge in [0.05, 0.1) is 19.3 Å². The lowest BCUT2D eigenvalue weighted by Crippen LogP contribution is -2.52. The Morgan fingerprint density at radius 1 is 1.38 bits per heavy atom. The van der Waals surface area contributed by atoms with Crippen molar-refractivity contribution in [2.24, 2.45) is 0 Å². The van der Waals surface area contributed by atoms with E-state index >= 15 is 0 Å². The predicted molar refractivity (Wildman–Crippen MR) is 55.7 cm³/mol. The van der Waals surface area contributed by atoms with Crippen molar-refractivity contribution in [3.05, 3.63) is 0 Å². The topological polar surface area (TPSA) is 97.3 Å². The molecule has 0 amide bonds. The molecule has 0 aliphatic carbocycles. The summed E-state index contributed by atoms with van der Waals surface area (Å²) in [5, 5.41) is 19.1. The minimum absolute atomic E-state index is 0.0654. The van der Waals surface area contributed by atoms with Gasteiger partial charge in [0.25, 0.3) is 0 Å². The zero-order valence-corrected chi connectivity index (χ0v) is 10.2. The fourth-order valence-electron chi connectivity index (χ4n) is 1.40. The summed E-state index contributed by atoms with van der Waals surface area (Å²) in [6.07, 6.45) is -2.36. The van der Waals surface area contributed by atoms with E-state index in [1.807, 2.05) is 0 Å². The molecule has 1 rings (SSSR count).